The van der Waals surface area contributed by atoms with Gasteiger partial charge in [-0.25, -0.2) is 6.57 Å². The number of hydrogen-bond donors (Lipinski definition) is 2. The molecule has 0 bridgehead atoms. The van der Waals surface area contributed by atoms with Crippen molar-refractivity contribution in [2.24, 2.45) is 11.7 Å². The van der Waals surface area contributed by atoms with Gasteiger partial charge in [0.2, 0.25) is 6.04 Å². The number of nitrogens with two attached hydrogens (primary N) is 1. The second-order valence-corrected chi connectivity index (χ2v) is 7.76. The zero-order valence-corrected chi connectivity index (χ0v) is 16.5. The summed E-state index contributed by atoms with van der Waals surface area (Å²) >= 11 is 0. The summed E-state index contributed by atoms with van der Waals surface area (Å²) in [6.45, 7) is 7.30. The highest BCUT2D eigenvalue weighted by molar-refractivity contribution is 5.89. The number of aldehydes is 1. The minimum absolute atomic E-state index is 0.00878. The summed E-state index contributed by atoms with van der Waals surface area (Å²) < 4.78 is 5.91. The number of rotatable bonds is 7. The van der Waals surface area contributed by atoms with E-state index in [4.69, 9.17) is 17.0 Å². The molecular formula is C24H23N3O3. The summed E-state index contributed by atoms with van der Waals surface area (Å²) in [5, 5.41) is 0.952. The monoisotopic (exact) mass is 401 g/mol. The number of benzene rings is 2. The Bertz CT molecular complexity index is 1110. The molecule has 0 spiro atoms. The summed E-state index contributed by atoms with van der Waals surface area (Å²) in [7, 11) is 0. The number of carbonyl (C=O) groups excluding carboxylic acids is 2. The van der Waals surface area contributed by atoms with Crippen LogP contribution in [0.1, 0.15) is 35.2 Å². The minimum Gasteiger partial charge on any atom is -0.457 e. The van der Waals surface area contributed by atoms with E-state index >= 15 is 0 Å². The Morgan fingerprint density at radius 1 is 1.23 bits per heavy atom. The Morgan fingerprint density at radius 3 is 2.73 bits per heavy atom. The minimum atomic E-state index is -0.628. The number of fused-ring (bicyclic) bond motifs is 1. The third-order valence-corrected chi connectivity index (χ3v) is 5.81. The van der Waals surface area contributed by atoms with Crippen molar-refractivity contribution in [2.45, 2.75) is 37.8 Å². The number of nitrogens with one attached hydrogen (secondary N) is 1. The van der Waals surface area contributed by atoms with Gasteiger partial charge < -0.3 is 20.3 Å². The first kappa shape index (κ1) is 19.9. The zero-order chi connectivity index (χ0) is 21.1. The van der Waals surface area contributed by atoms with Crippen molar-refractivity contribution < 1.29 is 14.3 Å². The number of H-pyrrole nitrogens is 1. The van der Waals surface area contributed by atoms with Gasteiger partial charge in [0.1, 0.15) is 17.8 Å². The molecule has 152 valence electrons. The summed E-state index contributed by atoms with van der Waals surface area (Å²) in [4.78, 5) is 30.4. The van der Waals surface area contributed by atoms with Crippen LogP contribution in [0.2, 0.25) is 0 Å². The summed E-state index contributed by atoms with van der Waals surface area (Å²) in [5.74, 6) is 1.04. The van der Waals surface area contributed by atoms with Gasteiger partial charge >= 0.3 is 0 Å². The third kappa shape index (κ3) is 3.98. The zero-order valence-electron chi connectivity index (χ0n) is 16.5. The molecule has 6 heteroatoms. The topological polar surface area (TPSA) is 89.5 Å². The fraction of sp³-hybridized carbons (Fsp3) is 0.292. The molecule has 6 nitrogen and oxygen atoms in total. The van der Waals surface area contributed by atoms with E-state index in [1.54, 1.807) is 24.3 Å². The SMILES string of the molecule is [C-]#[N+][C@H]1CCCC1C(=O)[C@@H](N)Cc1c[nH]c2ccc(Oc3ccc(C=O)cc3)cc12. The third-order valence-electron chi connectivity index (χ3n) is 5.81. The van der Waals surface area contributed by atoms with Crippen LogP contribution in [-0.4, -0.2) is 29.1 Å². The van der Waals surface area contributed by atoms with E-state index in [0.717, 1.165) is 42.0 Å². The molecule has 0 saturated heterocycles. The van der Waals surface area contributed by atoms with Gasteiger partial charge in [-0.3, -0.25) is 9.59 Å². The van der Waals surface area contributed by atoms with Gasteiger partial charge in [-0.05, 0) is 67.3 Å². The highest BCUT2D eigenvalue weighted by Gasteiger charge is 2.39. The molecular weight excluding hydrogens is 378 g/mol. The first-order valence-corrected chi connectivity index (χ1v) is 10.1. The van der Waals surface area contributed by atoms with Crippen LogP contribution in [-0.2, 0) is 11.2 Å². The fourth-order valence-electron chi connectivity index (χ4n) is 4.18. The number of carbonyl (C=O) groups is 2. The van der Waals surface area contributed by atoms with E-state index in [9.17, 15) is 9.59 Å². The van der Waals surface area contributed by atoms with Crippen molar-refractivity contribution in [1.29, 1.82) is 0 Å². The van der Waals surface area contributed by atoms with Crippen molar-refractivity contribution in [1.82, 2.24) is 4.98 Å². The Morgan fingerprint density at radius 2 is 2.00 bits per heavy atom. The lowest BCUT2D eigenvalue weighted by Gasteiger charge is -2.15. The lowest BCUT2D eigenvalue weighted by molar-refractivity contribution is -0.124. The number of ketones is 1. The van der Waals surface area contributed by atoms with Crippen LogP contribution in [0.5, 0.6) is 11.5 Å². The maximum Gasteiger partial charge on any atom is 0.233 e. The smallest absolute Gasteiger partial charge is 0.233 e. The molecule has 0 aliphatic heterocycles. The van der Waals surface area contributed by atoms with Crippen LogP contribution < -0.4 is 10.5 Å². The van der Waals surface area contributed by atoms with Crippen LogP contribution in [0.3, 0.4) is 0 Å². The molecule has 2 aromatic carbocycles. The maximum absolute atomic E-state index is 12.8. The van der Waals surface area contributed by atoms with Crippen LogP contribution in [0.15, 0.2) is 48.7 Å². The molecule has 3 aromatic rings. The average Bonchev–Trinajstić information content (AvgIpc) is 3.40. The molecule has 1 aliphatic carbocycles. The Balaban J connectivity index is 1.51. The summed E-state index contributed by atoms with van der Waals surface area (Å²) in [5.41, 5.74) is 8.74. The number of aromatic nitrogens is 1. The molecule has 30 heavy (non-hydrogen) atoms. The number of aromatic amines is 1. The van der Waals surface area contributed by atoms with E-state index in [1.165, 1.54) is 0 Å². The highest BCUT2D eigenvalue weighted by atomic mass is 16.5. The van der Waals surface area contributed by atoms with Crippen molar-refractivity contribution >= 4 is 23.0 Å². The van der Waals surface area contributed by atoms with Gasteiger partial charge in [-0.15, -0.1) is 0 Å². The number of ether oxygens (including phenoxy) is 1. The molecule has 3 N–H and O–H groups in total. The molecule has 0 amide bonds. The largest absolute Gasteiger partial charge is 0.457 e. The summed E-state index contributed by atoms with van der Waals surface area (Å²) in [6, 6.07) is 11.7. The van der Waals surface area contributed by atoms with E-state index < -0.39 is 6.04 Å². The first-order chi connectivity index (χ1) is 14.6. The lowest BCUT2D eigenvalue weighted by Crippen LogP contribution is -2.39. The van der Waals surface area contributed by atoms with Crippen molar-refractivity contribution in [3.8, 4) is 11.5 Å². The number of nitrogens with zero attached hydrogens (tertiary/aromatic N) is 1. The van der Waals surface area contributed by atoms with Crippen molar-refractivity contribution in [3.63, 3.8) is 0 Å². The molecule has 1 aliphatic rings. The maximum atomic E-state index is 12.8. The second kappa shape index (κ2) is 8.52. The average molecular weight is 401 g/mol. The molecule has 1 fully saturated rings. The number of hydrogen-bond acceptors (Lipinski definition) is 4. The quantitative estimate of drug-likeness (QED) is 0.456. The Kier molecular flexibility index (Phi) is 5.64. The van der Waals surface area contributed by atoms with Gasteiger partial charge in [-0.1, -0.05) is 0 Å². The molecule has 4 rings (SSSR count). The van der Waals surface area contributed by atoms with Crippen LogP contribution in [0, 0.1) is 12.5 Å². The van der Waals surface area contributed by atoms with Gasteiger partial charge in [0.15, 0.2) is 5.78 Å². The Labute approximate surface area is 174 Å². The normalized spacial score (nSPS) is 19.3. The lowest BCUT2D eigenvalue weighted by atomic mass is 9.90. The molecule has 1 aromatic heterocycles. The number of Topliss-reactive ketones (excluding diaryl/α,β-unsaturated/α-hetero) is 1. The van der Waals surface area contributed by atoms with Gasteiger partial charge in [0, 0.05) is 29.1 Å². The Hall–Kier alpha value is -3.43. The van der Waals surface area contributed by atoms with Gasteiger partial charge in [0.05, 0.1) is 12.0 Å². The van der Waals surface area contributed by atoms with Crippen LogP contribution >= 0.6 is 0 Å². The van der Waals surface area contributed by atoms with E-state index in [-0.39, 0.29) is 17.7 Å². The van der Waals surface area contributed by atoms with Gasteiger partial charge in [-0.2, -0.15) is 0 Å². The van der Waals surface area contributed by atoms with E-state index in [1.807, 2.05) is 24.4 Å². The van der Waals surface area contributed by atoms with Crippen LogP contribution in [0.25, 0.3) is 15.7 Å². The first-order valence-electron chi connectivity index (χ1n) is 10.1. The predicted molar refractivity (Wildman–Crippen MR) is 115 cm³/mol. The molecule has 1 unspecified atom stereocenters. The van der Waals surface area contributed by atoms with Crippen molar-refractivity contribution in [2.75, 3.05) is 0 Å². The molecule has 1 saturated carbocycles. The van der Waals surface area contributed by atoms with Crippen LogP contribution in [0.4, 0.5) is 0 Å². The van der Waals surface area contributed by atoms with Gasteiger partial charge in [0.25, 0.3) is 0 Å². The highest BCUT2D eigenvalue weighted by Crippen LogP contribution is 2.31. The van der Waals surface area contributed by atoms with E-state index in [0.29, 0.717) is 23.5 Å². The van der Waals surface area contributed by atoms with E-state index in [2.05, 4.69) is 9.83 Å². The fourth-order valence-corrected chi connectivity index (χ4v) is 4.18. The second-order valence-electron chi connectivity index (χ2n) is 7.76. The predicted octanol–water partition coefficient (Wildman–Crippen LogP) is 4.30. The van der Waals surface area contributed by atoms with Crippen molar-refractivity contribution in [3.05, 3.63) is 71.2 Å². The standard InChI is InChI=1S/C24H23N3O3/c1-26-22-4-2-3-19(22)24(29)21(25)11-16-13-27-23-10-9-18(12-20(16)23)30-17-7-5-15(14-28)6-8-17/h5-10,12-14,19,21-22,27H,2-4,11,25H2/t19?,21-,22-/m0/s1. The molecule has 1 heterocycles. The summed E-state index contributed by atoms with van der Waals surface area (Å²) in [6.07, 6.45) is 5.54. The molecule has 0 radical (unpaired) electrons. The molecule has 3 atom stereocenters.